The number of nitrogens with zero attached hydrogens (tertiary/aromatic N) is 2. The third-order valence-corrected chi connectivity index (χ3v) is 4.99. The zero-order chi connectivity index (χ0) is 18.8. The van der Waals surface area contributed by atoms with Gasteiger partial charge in [0.1, 0.15) is 6.10 Å². The number of rotatable bonds is 3. The molecule has 3 nitrogen and oxygen atoms in total. The molecule has 1 atom stereocenters. The van der Waals surface area contributed by atoms with Gasteiger partial charge in [0.2, 0.25) is 0 Å². The number of hydrogen-bond donors (Lipinski definition) is 1. The van der Waals surface area contributed by atoms with E-state index in [1.54, 1.807) is 0 Å². The van der Waals surface area contributed by atoms with E-state index in [-0.39, 0.29) is 18.5 Å². The summed E-state index contributed by atoms with van der Waals surface area (Å²) in [6.45, 7) is -0.476. The molecule has 0 bridgehead atoms. The maximum absolute atomic E-state index is 13.6. The predicted octanol–water partition coefficient (Wildman–Crippen LogP) is 4.25. The summed E-state index contributed by atoms with van der Waals surface area (Å²) in [5.74, 6) is -3.75. The third-order valence-electron chi connectivity index (χ3n) is 4.99. The first-order valence-corrected chi connectivity index (χ1v) is 7.58. The number of alkyl halides is 8. The highest BCUT2D eigenvalue weighted by molar-refractivity contribution is 5.35. The molecule has 1 saturated carbocycles. The summed E-state index contributed by atoms with van der Waals surface area (Å²) in [5.41, 5.74) is -4.91. The van der Waals surface area contributed by atoms with Crippen molar-refractivity contribution in [2.45, 2.75) is 63.0 Å². The van der Waals surface area contributed by atoms with Crippen LogP contribution in [0.1, 0.15) is 48.7 Å². The van der Waals surface area contributed by atoms with Gasteiger partial charge >= 0.3 is 12.4 Å². The first-order valence-electron chi connectivity index (χ1n) is 7.58. The zero-order valence-electron chi connectivity index (χ0n) is 12.7. The predicted molar refractivity (Wildman–Crippen MR) is 67.8 cm³/mol. The molecule has 0 aromatic carbocycles. The van der Waals surface area contributed by atoms with Gasteiger partial charge in [-0.1, -0.05) is 0 Å². The van der Waals surface area contributed by atoms with E-state index in [1.807, 2.05) is 0 Å². The van der Waals surface area contributed by atoms with Gasteiger partial charge in [-0.15, -0.1) is 0 Å². The molecule has 0 spiro atoms. The highest BCUT2D eigenvalue weighted by Crippen LogP contribution is 2.60. The number of hydrogen-bond acceptors (Lipinski definition) is 2. The van der Waals surface area contributed by atoms with E-state index in [4.69, 9.17) is 0 Å². The largest absolute Gasteiger partial charge is 0.435 e. The maximum atomic E-state index is 13.6. The minimum Gasteiger partial charge on any atom is -0.382 e. The average Bonchev–Trinajstić information content (AvgIpc) is 3.15. The van der Waals surface area contributed by atoms with Gasteiger partial charge in [0, 0.05) is 24.2 Å². The first kappa shape index (κ1) is 18.4. The van der Waals surface area contributed by atoms with Crippen LogP contribution in [0.4, 0.5) is 35.1 Å². The van der Waals surface area contributed by atoms with Crippen molar-refractivity contribution in [2.24, 2.45) is 5.41 Å². The quantitative estimate of drug-likeness (QED) is 0.799. The lowest BCUT2D eigenvalue weighted by Crippen LogP contribution is -2.33. The van der Waals surface area contributed by atoms with E-state index in [9.17, 15) is 40.2 Å². The van der Waals surface area contributed by atoms with Crippen molar-refractivity contribution < 1.29 is 40.2 Å². The van der Waals surface area contributed by atoms with Gasteiger partial charge in [0.25, 0.3) is 5.92 Å². The fourth-order valence-corrected chi connectivity index (χ4v) is 3.24. The number of fused-ring (bicyclic) bond motifs is 1. The summed E-state index contributed by atoms with van der Waals surface area (Å²) in [4.78, 5) is 0. The molecule has 0 aliphatic heterocycles. The van der Waals surface area contributed by atoms with E-state index in [0.717, 1.165) is 0 Å². The van der Waals surface area contributed by atoms with Gasteiger partial charge in [-0.25, -0.2) is 8.78 Å². The lowest BCUT2D eigenvalue weighted by molar-refractivity contribution is -0.189. The van der Waals surface area contributed by atoms with Crippen molar-refractivity contribution in [1.29, 1.82) is 0 Å². The van der Waals surface area contributed by atoms with Crippen LogP contribution < -0.4 is 0 Å². The molecule has 25 heavy (non-hydrogen) atoms. The SMILES string of the molecule is O[C@H]1c2c(C(F)(F)F)nn(CCC3(C(F)(F)F)CC3)c2CCC1(F)F. The van der Waals surface area contributed by atoms with Crippen molar-refractivity contribution in [3.05, 3.63) is 17.0 Å². The molecule has 11 heteroatoms. The number of aryl methyl sites for hydroxylation is 1. The van der Waals surface area contributed by atoms with E-state index in [0.29, 0.717) is 4.68 Å². The lowest BCUT2D eigenvalue weighted by Gasteiger charge is -2.29. The summed E-state index contributed by atoms with van der Waals surface area (Å²) in [7, 11) is 0. The number of aromatic nitrogens is 2. The van der Waals surface area contributed by atoms with E-state index >= 15 is 0 Å². The van der Waals surface area contributed by atoms with Crippen molar-refractivity contribution in [3.63, 3.8) is 0 Å². The Morgan fingerprint density at radius 3 is 2.16 bits per heavy atom. The van der Waals surface area contributed by atoms with E-state index < -0.39 is 66.9 Å². The summed E-state index contributed by atoms with van der Waals surface area (Å²) in [5, 5.41) is 12.9. The molecule has 0 unspecified atom stereocenters. The molecule has 0 radical (unpaired) electrons. The summed E-state index contributed by atoms with van der Waals surface area (Å²) in [6, 6.07) is 0. The van der Waals surface area contributed by atoms with Crippen LogP contribution in [0, 0.1) is 5.41 Å². The molecule has 1 aromatic rings. The fourth-order valence-electron chi connectivity index (χ4n) is 3.24. The molecule has 1 heterocycles. The van der Waals surface area contributed by atoms with Crippen LogP contribution in [-0.2, 0) is 19.1 Å². The number of aliphatic hydroxyl groups is 1. The minimum atomic E-state index is -5.09. The van der Waals surface area contributed by atoms with Crippen molar-refractivity contribution >= 4 is 0 Å². The Labute approximate surface area is 136 Å². The maximum Gasteiger partial charge on any atom is 0.435 e. The van der Waals surface area contributed by atoms with Gasteiger partial charge < -0.3 is 5.11 Å². The second-order valence-corrected chi connectivity index (χ2v) is 6.62. The van der Waals surface area contributed by atoms with Crippen LogP contribution in [-0.4, -0.2) is 27.0 Å². The van der Waals surface area contributed by atoms with Gasteiger partial charge in [-0.2, -0.15) is 31.4 Å². The minimum absolute atomic E-state index is 0.118. The smallest absolute Gasteiger partial charge is 0.382 e. The highest BCUT2D eigenvalue weighted by Gasteiger charge is 2.62. The second-order valence-electron chi connectivity index (χ2n) is 6.62. The molecular formula is C14H14F8N2O. The summed E-state index contributed by atoms with van der Waals surface area (Å²) < 4.78 is 106. The molecule has 0 amide bonds. The molecular weight excluding hydrogens is 364 g/mol. The van der Waals surface area contributed by atoms with Crippen LogP contribution in [0.2, 0.25) is 0 Å². The Hall–Kier alpha value is -1.39. The average molecular weight is 378 g/mol. The van der Waals surface area contributed by atoms with Crippen LogP contribution in [0.25, 0.3) is 0 Å². The Bertz CT molecular complexity index is 672. The molecule has 1 aromatic heterocycles. The van der Waals surface area contributed by atoms with Gasteiger partial charge in [0.15, 0.2) is 5.69 Å². The van der Waals surface area contributed by atoms with Crippen LogP contribution >= 0.6 is 0 Å². The Balaban J connectivity index is 1.94. The van der Waals surface area contributed by atoms with Gasteiger partial charge in [-0.05, 0) is 25.7 Å². The first-order chi connectivity index (χ1) is 11.3. The molecule has 142 valence electrons. The monoisotopic (exact) mass is 378 g/mol. The van der Waals surface area contributed by atoms with E-state index in [1.165, 1.54) is 0 Å². The topological polar surface area (TPSA) is 38.1 Å². The molecule has 0 saturated heterocycles. The van der Waals surface area contributed by atoms with E-state index in [2.05, 4.69) is 5.10 Å². The van der Waals surface area contributed by atoms with Crippen molar-refractivity contribution in [3.8, 4) is 0 Å². The summed E-state index contributed by atoms with van der Waals surface area (Å²) in [6.07, 6.45) is -14.4. The number of aliphatic hydroxyl groups excluding tert-OH is 1. The Kier molecular flexibility index (Phi) is 3.91. The third kappa shape index (κ3) is 3.00. The molecule has 2 aliphatic rings. The molecule has 2 aliphatic carbocycles. The Morgan fingerprint density at radius 1 is 1.08 bits per heavy atom. The van der Waals surface area contributed by atoms with Crippen molar-refractivity contribution in [2.75, 3.05) is 0 Å². The molecule has 1 N–H and O–H groups in total. The standard InChI is InChI=1S/C14H14F8N2O/c15-12(16)2-1-7-8(10(12)25)9(13(17,18)19)23-24(7)6-5-11(3-4-11)14(20,21)22/h10,25H,1-6H2/t10-/m0/s1. The fraction of sp³-hybridized carbons (Fsp3) is 0.786. The van der Waals surface area contributed by atoms with Gasteiger partial charge in [-0.3, -0.25) is 4.68 Å². The number of halogens is 8. The normalized spacial score (nSPS) is 24.9. The van der Waals surface area contributed by atoms with Crippen LogP contribution in [0.15, 0.2) is 0 Å². The van der Waals surface area contributed by atoms with Crippen molar-refractivity contribution in [1.82, 2.24) is 9.78 Å². The van der Waals surface area contributed by atoms with Crippen LogP contribution in [0.5, 0.6) is 0 Å². The molecule has 1 fully saturated rings. The lowest BCUT2D eigenvalue weighted by atomic mass is 9.89. The second kappa shape index (κ2) is 5.31. The van der Waals surface area contributed by atoms with Gasteiger partial charge in [0.05, 0.1) is 5.41 Å². The molecule has 3 rings (SSSR count). The zero-order valence-corrected chi connectivity index (χ0v) is 12.7. The summed E-state index contributed by atoms with van der Waals surface area (Å²) >= 11 is 0. The highest BCUT2D eigenvalue weighted by atomic mass is 19.4. The van der Waals surface area contributed by atoms with Crippen LogP contribution in [0.3, 0.4) is 0 Å². The Morgan fingerprint density at radius 2 is 1.68 bits per heavy atom.